The first-order chi connectivity index (χ1) is 11.8. The number of carbonyl (C=O) groups excluding carboxylic acids is 1. The molecule has 0 radical (unpaired) electrons. The molecule has 1 amide bonds. The van der Waals surface area contributed by atoms with Crippen LogP contribution in [-0.4, -0.2) is 44.1 Å². The number of quaternary nitrogens is 1. The number of nitrogens with zero attached hydrogens (tertiary/aromatic N) is 1. The van der Waals surface area contributed by atoms with Gasteiger partial charge in [-0.05, 0) is 24.5 Å². The molecule has 2 fully saturated rings. The molecule has 0 bridgehead atoms. The largest absolute Gasteiger partial charge is 0.496 e. The van der Waals surface area contributed by atoms with Crippen molar-refractivity contribution in [2.45, 2.75) is 45.1 Å². The monoisotopic (exact) mass is 331 g/mol. The van der Waals surface area contributed by atoms with Crippen LogP contribution in [0.1, 0.15) is 44.1 Å². The molecule has 0 aromatic heterocycles. The van der Waals surface area contributed by atoms with Crippen molar-refractivity contribution < 1.29 is 14.4 Å². The molecule has 1 saturated heterocycles. The maximum absolute atomic E-state index is 12.4. The minimum atomic E-state index is 0.373. The number of piperazine rings is 1. The highest BCUT2D eigenvalue weighted by Crippen LogP contribution is 2.28. The van der Waals surface area contributed by atoms with Crippen LogP contribution in [0.4, 0.5) is 0 Å². The van der Waals surface area contributed by atoms with Crippen molar-refractivity contribution in [2.24, 2.45) is 5.92 Å². The van der Waals surface area contributed by atoms with Crippen molar-refractivity contribution in [1.82, 2.24) is 4.90 Å². The molecule has 4 heteroatoms. The van der Waals surface area contributed by atoms with Gasteiger partial charge in [0, 0.05) is 12.0 Å². The SMILES string of the molecule is COc1ccccc1C[NH+]1CCN(C(=O)CCC2CCCC2)CC1. The van der Waals surface area contributed by atoms with E-state index in [1.165, 1.54) is 31.2 Å². The van der Waals surface area contributed by atoms with Gasteiger partial charge in [0.15, 0.2) is 0 Å². The van der Waals surface area contributed by atoms with E-state index in [4.69, 9.17) is 4.74 Å². The van der Waals surface area contributed by atoms with Gasteiger partial charge in [-0.2, -0.15) is 0 Å². The number of ether oxygens (including phenoxy) is 1. The summed E-state index contributed by atoms with van der Waals surface area (Å²) in [7, 11) is 1.73. The Morgan fingerprint density at radius 2 is 1.92 bits per heavy atom. The molecular formula is C20H31N2O2+. The average molecular weight is 331 g/mol. The van der Waals surface area contributed by atoms with Crippen molar-refractivity contribution in [1.29, 1.82) is 0 Å². The van der Waals surface area contributed by atoms with Gasteiger partial charge in [0.2, 0.25) is 5.91 Å². The van der Waals surface area contributed by atoms with E-state index in [0.717, 1.165) is 57.2 Å². The van der Waals surface area contributed by atoms with E-state index >= 15 is 0 Å². The van der Waals surface area contributed by atoms with Crippen molar-refractivity contribution in [3.63, 3.8) is 0 Å². The number of benzene rings is 1. The zero-order chi connectivity index (χ0) is 16.8. The van der Waals surface area contributed by atoms with Crippen LogP contribution in [0.15, 0.2) is 24.3 Å². The van der Waals surface area contributed by atoms with Crippen LogP contribution < -0.4 is 9.64 Å². The third kappa shape index (κ3) is 4.50. The van der Waals surface area contributed by atoms with E-state index in [2.05, 4.69) is 17.0 Å². The van der Waals surface area contributed by atoms with Crippen LogP contribution in [0.2, 0.25) is 0 Å². The fourth-order valence-electron chi connectivity index (χ4n) is 4.15. The van der Waals surface area contributed by atoms with Crippen LogP contribution in [-0.2, 0) is 11.3 Å². The highest BCUT2D eigenvalue weighted by molar-refractivity contribution is 5.76. The number of carbonyl (C=O) groups is 1. The first-order valence-corrected chi connectivity index (χ1v) is 9.49. The molecule has 1 N–H and O–H groups in total. The van der Waals surface area contributed by atoms with Gasteiger partial charge in [0.1, 0.15) is 12.3 Å². The summed E-state index contributed by atoms with van der Waals surface area (Å²) in [5.74, 6) is 2.16. The topological polar surface area (TPSA) is 34.0 Å². The number of hydrogen-bond donors (Lipinski definition) is 1. The standard InChI is InChI=1S/C20H30N2O2/c1-24-19-9-5-4-8-18(19)16-21-12-14-22(15-13-21)20(23)11-10-17-6-2-3-7-17/h4-5,8-9,17H,2-3,6-7,10-16H2,1H3/p+1. The van der Waals surface area contributed by atoms with Gasteiger partial charge in [-0.25, -0.2) is 0 Å². The van der Waals surface area contributed by atoms with Gasteiger partial charge in [-0.1, -0.05) is 37.8 Å². The van der Waals surface area contributed by atoms with Crippen LogP contribution in [0.5, 0.6) is 5.75 Å². The predicted octanol–water partition coefficient (Wildman–Crippen LogP) is 1.89. The lowest BCUT2D eigenvalue weighted by molar-refractivity contribution is -0.917. The number of nitrogens with one attached hydrogen (secondary N) is 1. The molecule has 2 aliphatic rings. The summed E-state index contributed by atoms with van der Waals surface area (Å²) in [5.41, 5.74) is 1.26. The maximum atomic E-state index is 12.4. The Balaban J connectivity index is 1.42. The summed E-state index contributed by atoms with van der Waals surface area (Å²) in [5, 5.41) is 0. The van der Waals surface area contributed by atoms with Crippen LogP contribution >= 0.6 is 0 Å². The summed E-state index contributed by atoms with van der Waals surface area (Å²) in [6.07, 6.45) is 7.27. The highest BCUT2D eigenvalue weighted by Gasteiger charge is 2.25. The van der Waals surface area contributed by atoms with E-state index in [1.807, 2.05) is 12.1 Å². The quantitative estimate of drug-likeness (QED) is 0.864. The van der Waals surface area contributed by atoms with E-state index in [-0.39, 0.29) is 0 Å². The molecule has 1 aliphatic carbocycles. The van der Waals surface area contributed by atoms with Crippen molar-refractivity contribution in [2.75, 3.05) is 33.3 Å². The van der Waals surface area contributed by atoms with E-state index in [1.54, 1.807) is 12.0 Å². The molecule has 132 valence electrons. The molecule has 0 spiro atoms. The molecule has 1 aromatic carbocycles. The van der Waals surface area contributed by atoms with Gasteiger partial charge in [0.05, 0.1) is 33.3 Å². The lowest BCUT2D eigenvalue weighted by Crippen LogP contribution is -3.13. The predicted molar refractivity (Wildman–Crippen MR) is 95.2 cm³/mol. The van der Waals surface area contributed by atoms with Crippen molar-refractivity contribution in [3.05, 3.63) is 29.8 Å². The number of amides is 1. The third-order valence-electron chi connectivity index (χ3n) is 5.70. The molecule has 0 atom stereocenters. The van der Waals surface area contributed by atoms with Crippen molar-refractivity contribution in [3.8, 4) is 5.75 Å². The molecular weight excluding hydrogens is 300 g/mol. The second-order valence-corrected chi connectivity index (χ2v) is 7.31. The second-order valence-electron chi connectivity index (χ2n) is 7.31. The normalized spacial score (nSPS) is 19.6. The van der Waals surface area contributed by atoms with Gasteiger partial charge in [-0.15, -0.1) is 0 Å². The summed E-state index contributed by atoms with van der Waals surface area (Å²) in [6.45, 7) is 4.84. The zero-order valence-corrected chi connectivity index (χ0v) is 14.9. The van der Waals surface area contributed by atoms with E-state index in [9.17, 15) is 4.79 Å². The third-order valence-corrected chi connectivity index (χ3v) is 5.70. The van der Waals surface area contributed by atoms with Gasteiger partial charge in [-0.3, -0.25) is 4.79 Å². The Bertz CT molecular complexity index is 532. The Morgan fingerprint density at radius 1 is 1.21 bits per heavy atom. The highest BCUT2D eigenvalue weighted by atomic mass is 16.5. The van der Waals surface area contributed by atoms with Crippen LogP contribution in [0.3, 0.4) is 0 Å². The lowest BCUT2D eigenvalue weighted by Gasteiger charge is -2.32. The van der Waals surface area contributed by atoms with E-state index < -0.39 is 0 Å². The number of rotatable bonds is 6. The molecule has 1 heterocycles. The molecule has 1 saturated carbocycles. The maximum Gasteiger partial charge on any atom is 0.222 e. The summed E-state index contributed by atoms with van der Waals surface area (Å²) in [4.78, 5) is 16.0. The van der Waals surface area contributed by atoms with Gasteiger partial charge >= 0.3 is 0 Å². The smallest absolute Gasteiger partial charge is 0.222 e. The molecule has 24 heavy (non-hydrogen) atoms. The summed E-state index contributed by atoms with van der Waals surface area (Å²) in [6, 6.07) is 8.25. The zero-order valence-electron chi connectivity index (χ0n) is 14.9. The van der Waals surface area contributed by atoms with Crippen LogP contribution in [0.25, 0.3) is 0 Å². The minimum absolute atomic E-state index is 0.373. The molecule has 1 aromatic rings. The molecule has 4 nitrogen and oxygen atoms in total. The number of hydrogen-bond acceptors (Lipinski definition) is 2. The van der Waals surface area contributed by atoms with Gasteiger partial charge < -0.3 is 14.5 Å². The Labute approximate surface area is 145 Å². The molecule has 1 aliphatic heterocycles. The first-order valence-electron chi connectivity index (χ1n) is 9.49. The fourth-order valence-corrected chi connectivity index (χ4v) is 4.15. The Kier molecular flexibility index (Phi) is 6.13. The first kappa shape index (κ1) is 17.3. The van der Waals surface area contributed by atoms with Crippen LogP contribution in [0, 0.1) is 5.92 Å². The fraction of sp³-hybridized carbons (Fsp3) is 0.650. The number of para-hydroxylation sites is 1. The average Bonchev–Trinajstić information content (AvgIpc) is 3.14. The number of methoxy groups -OCH3 is 1. The lowest BCUT2D eigenvalue weighted by atomic mass is 10.0. The summed E-state index contributed by atoms with van der Waals surface area (Å²) < 4.78 is 5.45. The Morgan fingerprint density at radius 3 is 2.62 bits per heavy atom. The second kappa shape index (κ2) is 8.52. The Hall–Kier alpha value is -1.55. The minimum Gasteiger partial charge on any atom is -0.496 e. The van der Waals surface area contributed by atoms with Crippen molar-refractivity contribution >= 4 is 5.91 Å². The summed E-state index contributed by atoms with van der Waals surface area (Å²) >= 11 is 0. The van der Waals surface area contributed by atoms with Gasteiger partial charge in [0.25, 0.3) is 0 Å². The molecule has 0 unspecified atom stereocenters. The van der Waals surface area contributed by atoms with E-state index in [0.29, 0.717) is 5.91 Å². The molecule has 3 rings (SSSR count).